The summed E-state index contributed by atoms with van der Waals surface area (Å²) < 4.78 is 5.51. The van der Waals surface area contributed by atoms with E-state index in [2.05, 4.69) is 0 Å². The first kappa shape index (κ1) is 14.8. The molecule has 2 rings (SSSR count). The van der Waals surface area contributed by atoms with Gasteiger partial charge in [0, 0.05) is 17.8 Å². The van der Waals surface area contributed by atoms with Crippen molar-refractivity contribution in [3.8, 4) is 0 Å². The number of morpholine rings is 1. The van der Waals surface area contributed by atoms with E-state index in [1.54, 1.807) is 24.3 Å². The Balaban J connectivity index is 0.00000162. The Hall–Kier alpha value is -1.26. The van der Waals surface area contributed by atoms with Crippen LogP contribution in [0.15, 0.2) is 24.3 Å². The SMILES string of the molecule is CC1OCCN(C(=O)c2cccc(N)c2)C1C.Cl. The fourth-order valence-electron chi connectivity index (χ4n) is 2.06. The van der Waals surface area contributed by atoms with Crippen molar-refractivity contribution >= 4 is 24.0 Å². The summed E-state index contributed by atoms with van der Waals surface area (Å²) in [6.07, 6.45) is 0.0776. The van der Waals surface area contributed by atoms with Gasteiger partial charge in [-0.15, -0.1) is 12.4 Å². The van der Waals surface area contributed by atoms with Gasteiger partial charge in [-0.1, -0.05) is 6.07 Å². The molecule has 0 aromatic heterocycles. The van der Waals surface area contributed by atoms with Gasteiger partial charge in [0.2, 0.25) is 0 Å². The van der Waals surface area contributed by atoms with Crippen LogP contribution in [0.4, 0.5) is 5.69 Å². The molecule has 18 heavy (non-hydrogen) atoms. The first-order chi connectivity index (χ1) is 8.09. The van der Waals surface area contributed by atoms with Crippen LogP contribution in [0.5, 0.6) is 0 Å². The lowest BCUT2D eigenvalue weighted by Gasteiger charge is -2.37. The highest BCUT2D eigenvalue weighted by molar-refractivity contribution is 5.95. The van der Waals surface area contributed by atoms with Gasteiger partial charge in [-0.2, -0.15) is 0 Å². The minimum absolute atomic E-state index is 0. The number of halogens is 1. The number of carbonyl (C=O) groups excluding carboxylic acids is 1. The Bertz CT molecular complexity index is 425. The number of hydrogen-bond acceptors (Lipinski definition) is 3. The van der Waals surface area contributed by atoms with Crippen molar-refractivity contribution in [2.24, 2.45) is 0 Å². The molecule has 1 fully saturated rings. The number of carbonyl (C=O) groups is 1. The Morgan fingerprint density at radius 3 is 2.83 bits per heavy atom. The van der Waals surface area contributed by atoms with Gasteiger partial charge in [-0.25, -0.2) is 0 Å². The molecule has 0 aliphatic carbocycles. The van der Waals surface area contributed by atoms with Gasteiger partial charge >= 0.3 is 0 Å². The molecule has 1 aliphatic heterocycles. The van der Waals surface area contributed by atoms with Crippen molar-refractivity contribution in [2.75, 3.05) is 18.9 Å². The monoisotopic (exact) mass is 270 g/mol. The summed E-state index contributed by atoms with van der Waals surface area (Å²) in [6.45, 7) is 5.23. The Labute approximate surface area is 114 Å². The van der Waals surface area contributed by atoms with E-state index in [9.17, 15) is 4.79 Å². The van der Waals surface area contributed by atoms with Crippen molar-refractivity contribution in [3.63, 3.8) is 0 Å². The van der Waals surface area contributed by atoms with Crippen molar-refractivity contribution < 1.29 is 9.53 Å². The minimum atomic E-state index is 0. The molecule has 0 spiro atoms. The second-order valence-corrected chi connectivity index (χ2v) is 4.44. The predicted molar refractivity (Wildman–Crippen MR) is 74.0 cm³/mol. The summed E-state index contributed by atoms with van der Waals surface area (Å²) in [4.78, 5) is 14.2. The smallest absolute Gasteiger partial charge is 0.254 e. The van der Waals surface area contributed by atoms with E-state index in [-0.39, 0.29) is 30.5 Å². The molecule has 0 saturated carbocycles. The van der Waals surface area contributed by atoms with E-state index in [1.165, 1.54) is 0 Å². The molecule has 1 aromatic rings. The first-order valence-corrected chi connectivity index (χ1v) is 5.87. The quantitative estimate of drug-likeness (QED) is 0.794. The van der Waals surface area contributed by atoms with Crippen molar-refractivity contribution in [2.45, 2.75) is 26.0 Å². The molecule has 1 aromatic carbocycles. The second kappa shape index (κ2) is 6.07. The molecular formula is C13H19ClN2O2. The Morgan fingerprint density at radius 2 is 2.17 bits per heavy atom. The zero-order valence-corrected chi connectivity index (χ0v) is 11.4. The minimum Gasteiger partial charge on any atom is -0.399 e. The van der Waals surface area contributed by atoms with Crippen LogP contribution in [0.25, 0.3) is 0 Å². The van der Waals surface area contributed by atoms with E-state index in [0.29, 0.717) is 24.4 Å². The van der Waals surface area contributed by atoms with Gasteiger partial charge in [0.15, 0.2) is 0 Å². The highest BCUT2D eigenvalue weighted by atomic mass is 35.5. The number of rotatable bonds is 1. The van der Waals surface area contributed by atoms with Crippen LogP contribution in [0.1, 0.15) is 24.2 Å². The van der Waals surface area contributed by atoms with Crippen LogP contribution in [-0.4, -0.2) is 36.1 Å². The molecule has 5 heteroatoms. The predicted octanol–water partition coefficient (Wildman–Crippen LogP) is 1.94. The molecule has 2 atom stereocenters. The number of nitrogen functional groups attached to an aromatic ring is 1. The average molecular weight is 271 g/mol. The fourth-order valence-corrected chi connectivity index (χ4v) is 2.06. The molecule has 4 nitrogen and oxygen atoms in total. The third-order valence-corrected chi connectivity index (χ3v) is 3.28. The van der Waals surface area contributed by atoms with Crippen molar-refractivity contribution in [3.05, 3.63) is 29.8 Å². The molecule has 0 radical (unpaired) electrons. The van der Waals surface area contributed by atoms with Crippen LogP contribution in [0.2, 0.25) is 0 Å². The number of hydrogen-bond donors (Lipinski definition) is 1. The van der Waals surface area contributed by atoms with E-state index in [0.717, 1.165) is 0 Å². The molecule has 1 saturated heterocycles. The van der Waals surface area contributed by atoms with E-state index in [4.69, 9.17) is 10.5 Å². The third kappa shape index (κ3) is 2.94. The summed E-state index contributed by atoms with van der Waals surface area (Å²) in [6, 6.07) is 7.19. The lowest BCUT2D eigenvalue weighted by Crippen LogP contribution is -2.51. The lowest BCUT2D eigenvalue weighted by atomic mass is 10.1. The van der Waals surface area contributed by atoms with E-state index >= 15 is 0 Å². The molecule has 2 N–H and O–H groups in total. The van der Waals surface area contributed by atoms with Crippen LogP contribution in [0.3, 0.4) is 0 Å². The largest absolute Gasteiger partial charge is 0.399 e. The van der Waals surface area contributed by atoms with Crippen LogP contribution in [-0.2, 0) is 4.74 Å². The molecule has 2 unspecified atom stereocenters. The Morgan fingerprint density at radius 1 is 1.44 bits per heavy atom. The summed E-state index contributed by atoms with van der Waals surface area (Å²) in [5, 5.41) is 0. The number of nitrogens with two attached hydrogens (primary N) is 1. The lowest BCUT2D eigenvalue weighted by molar-refractivity contribution is -0.0440. The summed E-state index contributed by atoms with van der Waals surface area (Å²) in [5.74, 6) is 0.0277. The number of ether oxygens (including phenoxy) is 1. The number of benzene rings is 1. The molecule has 1 amide bonds. The summed E-state index contributed by atoms with van der Waals surface area (Å²) in [5.41, 5.74) is 6.95. The van der Waals surface area contributed by atoms with E-state index < -0.39 is 0 Å². The normalized spacial score (nSPS) is 23.3. The van der Waals surface area contributed by atoms with Gasteiger partial charge in [0.25, 0.3) is 5.91 Å². The topological polar surface area (TPSA) is 55.6 Å². The van der Waals surface area contributed by atoms with E-state index in [1.807, 2.05) is 18.7 Å². The number of amides is 1. The van der Waals surface area contributed by atoms with Crippen LogP contribution in [0, 0.1) is 0 Å². The van der Waals surface area contributed by atoms with Gasteiger partial charge in [0.05, 0.1) is 18.8 Å². The average Bonchev–Trinajstić information content (AvgIpc) is 2.32. The van der Waals surface area contributed by atoms with Crippen molar-refractivity contribution in [1.29, 1.82) is 0 Å². The van der Waals surface area contributed by atoms with Crippen LogP contribution >= 0.6 is 12.4 Å². The van der Waals surface area contributed by atoms with Gasteiger partial charge in [0.1, 0.15) is 0 Å². The summed E-state index contributed by atoms with van der Waals surface area (Å²) >= 11 is 0. The zero-order valence-electron chi connectivity index (χ0n) is 10.6. The number of anilines is 1. The first-order valence-electron chi connectivity index (χ1n) is 5.87. The molecule has 0 bridgehead atoms. The Kier molecular flexibility index (Phi) is 4.99. The zero-order chi connectivity index (χ0) is 12.4. The van der Waals surface area contributed by atoms with Crippen molar-refractivity contribution in [1.82, 2.24) is 4.90 Å². The second-order valence-electron chi connectivity index (χ2n) is 4.44. The third-order valence-electron chi connectivity index (χ3n) is 3.28. The molecular weight excluding hydrogens is 252 g/mol. The molecule has 1 heterocycles. The van der Waals surface area contributed by atoms with Gasteiger partial charge in [-0.3, -0.25) is 4.79 Å². The highest BCUT2D eigenvalue weighted by Gasteiger charge is 2.29. The maximum Gasteiger partial charge on any atom is 0.254 e. The van der Waals surface area contributed by atoms with Crippen LogP contribution < -0.4 is 5.73 Å². The summed E-state index contributed by atoms with van der Waals surface area (Å²) in [7, 11) is 0. The van der Waals surface area contributed by atoms with Gasteiger partial charge in [-0.05, 0) is 32.0 Å². The highest BCUT2D eigenvalue weighted by Crippen LogP contribution is 2.17. The number of nitrogens with zero attached hydrogens (tertiary/aromatic N) is 1. The maximum atomic E-state index is 12.3. The van der Waals surface area contributed by atoms with Gasteiger partial charge < -0.3 is 15.4 Å². The molecule has 100 valence electrons. The fraction of sp³-hybridized carbons (Fsp3) is 0.462. The standard InChI is InChI=1S/C13H18N2O2.ClH/c1-9-10(2)17-7-6-15(9)13(16)11-4-3-5-12(14)8-11;/h3-5,8-10H,6-7,14H2,1-2H3;1H. The molecule has 1 aliphatic rings. The maximum absolute atomic E-state index is 12.3.